The second kappa shape index (κ2) is 8.69. The maximum absolute atomic E-state index is 12.9. The largest absolute Gasteiger partial charge is 0.367 e. The zero-order chi connectivity index (χ0) is 22.8. The second-order valence-corrected chi connectivity index (χ2v) is 11.1. The number of hydrogen-bond donors (Lipinski definition) is 1. The van der Waals surface area contributed by atoms with Crippen molar-refractivity contribution < 1.29 is 16.8 Å². The van der Waals surface area contributed by atoms with E-state index in [-0.39, 0.29) is 9.79 Å². The van der Waals surface area contributed by atoms with E-state index in [0.717, 1.165) is 10.00 Å². The number of sulfonamides is 2. The summed E-state index contributed by atoms with van der Waals surface area (Å²) in [6, 6.07) is 12.2. The van der Waals surface area contributed by atoms with Gasteiger partial charge >= 0.3 is 0 Å². The van der Waals surface area contributed by atoms with E-state index in [0.29, 0.717) is 17.9 Å². The van der Waals surface area contributed by atoms with Crippen LogP contribution in [0.2, 0.25) is 0 Å². The molecule has 0 saturated heterocycles. The Kier molecular flexibility index (Phi) is 6.39. The first-order chi connectivity index (χ1) is 14.5. The van der Waals surface area contributed by atoms with Crippen LogP contribution in [-0.4, -0.2) is 51.8 Å². The lowest BCUT2D eigenvalue weighted by molar-refractivity contribution is 0.520. The number of benzene rings is 2. The fraction of sp³-hybridized carbons (Fsp3) is 0.250. The van der Waals surface area contributed by atoms with Crippen LogP contribution in [0.3, 0.4) is 0 Å². The van der Waals surface area contributed by atoms with Gasteiger partial charge in [-0.1, -0.05) is 12.1 Å². The molecule has 0 fully saturated rings. The van der Waals surface area contributed by atoms with Gasteiger partial charge in [-0.25, -0.2) is 26.1 Å². The zero-order valence-electron chi connectivity index (χ0n) is 17.7. The summed E-state index contributed by atoms with van der Waals surface area (Å²) in [6.07, 6.45) is 3.60. The van der Waals surface area contributed by atoms with Crippen LogP contribution in [0.4, 0.5) is 11.4 Å². The number of nitrogens with one attached hydrogen (secondary N) is 1. The Hall–Kier alpha value is -2.89. The fourth-order valence-corrected chi connectivity index (χ4v) is 4.95. The Bertz CT molecular complexity index is 1270. The molecule has 0 atom stereocenters. The Labute approximate surface area is 183 Å². The minimum absolute atomic E-state index is 0.0203. The first kappa shape index (κ1) is 22.8. The molecule has 0 spiro atoms. The lowest BCUT2D eigenvalue weighted by Crippen LogP contribution is -2.22. The third kappa shape index (κ3) is 5.06. The molecule has 1 N–H and O–H groups in total. The average molecular weight is 464 g/mol. The van der Waals surface area contributed by atoms with E-state index in [1.807, 2.05) is 41.9 Å². The van der Waals surface area contributed by atoms with Gasteiger partial charge in [0.05, 0.1) is 39.7 Å². The van der Waals surface area contributed by atoms with Crippen molar-refractivity contribution in [3.8, 4) is 0 Å². The first-order valence-corrected chi connectivity index (χ1v) is 12.3. The van der Waals surface area contributed by atoms with Gasteiger partial charge in [-0.3, -0.25) is 4.72 Å². The SMILES string of the molecule is CN(Cc1cn(C)cn1)c1ccccc1NS(=O)(=O)c1ccc(S(=O)(=O)N(C)C)cc1. The summed E-state index contributed by atoms with van der Waals surface area (Å²) in [5.74, 6) is 0. The Balaban J connectivity index is 1.85. The third-order valence-corrected chi connectivity index (χ3v) is 7.84. The topological polar surface area (TPSA) is 105 Å². The van der Waals surface area contributed by atoms with Crippen molar-refractivity contribution in [2.45, 2.75) is 16.3 Å². The van der Waals surface area contributed by atoms with Crippen molar-refractivity contribution in [2.75, 3.05) is 30.8 Å². The number of nitrogens with zero attached hydrogens (tertiary/aromatic N) is 4. The van der Waals surface area contributed by atoms with E-state index in [1.165, 1.54) is 38.4 Å². The van der Waals surface area contributed by atoms with Gasteiger partial charge in [0.2, 0.25) is 10.0 Å². The summed E-state index contributed by atoms with van der Waals surface area (Å²) >= 11 is 0. The van der Waals surface area contributed by atoms with Crippen LogP contribution in [0.5, 0.6) is 0 Å². The quantitative estimate of drug-likeness (QED) is 0.549. The van der Waals surface area contributed by atoms with Crippen LogP contribution in [0, 0.1) is 0 Å². The first-order valence-electron chi connectivity index (χ1n) is 9.33. The Morgan fingerprint density at radius 3 is 2.13 bits per heavy atom. The molecule has 2 aromatic carbocycles. The van der Waals surface area contributed by atoms with Crippen molar-refractivity contribution in [3.63, 3.8) is 0 Å². The van der Waals surface area contributed by atoms with Crippen molar-refractivity contribution in [1.82, 2.24) is 13.9 Å². The van der Waals surface area contributed by atoms with Gasteiger partial charge in [0.25, 0.3) is 10.0 Å². The predicted molar refractivity (Wildman–Crippen MR) is 120 cm³/mol. The maximum atomic E-state index is 12.9. The number of rotatable bonds is 8. The molecular formula is C20H25N5O4S2. The highest BCUT2D eigenvalue weighted by molar-refractivity contribution is 7.92. The van der Waals surface area contributed by atoms with E-state index in [2.05, 4.69) is 9.71 Å². The monoisotopic (exact) mass is 463 g/mol. The van der Waals surface area contributed by atoms with E-state index in [9.17, 15) is 16.8 Å². The molecule has 1 heterocycles. The molecule has 0 bridgehead atoms. The second-order valence-electron chi connectivity index (χ2n) is 7.27. The number of para-hydroxylation sites is 2. The lowest BCUT2D eigenvalue weighted by atomic mass is 10.2. The third-order valence-electron chi connectivity index (χ3n) is 4.63. The molecule has 166 valence electrons. The summed E-state index contributed by atoms with van der Waals surface area (Å²) in [4.78, 5) is 6.18. The molecular weight excluding hydrogens is 438 g/mol. The highest BCUT2D eigenvalue weighted by Gasteiger charge is 2.21. The van der Waals surface area contributed by atoms with Gasteiger partial charge in [-0.05, 0) is 36.4 Å². The van der Waals surface area contributed by atoms with E-state index >= 15 is 0 Å². The standard InChI is InChI=1S/C20H25N5O4S2/c1-23(2)31(28,29)18-11-9-17(10-12-18)30(26,27)22-19-7-5-6-8-20(19)25(4)14-16-13-24(3)15-21-16/h5-13,15,22H,14H2,1-4H3. The Morgan fingerprint density at radius 1 is 0.935 bits per heavy atom. The van der Waals surface area contributed by atoms with Crippen LogP contribution >= 0.6 is 0 Å². The number of imidazole rings is 1. The number of aryl methyl sites for hydroxylation is 1. The Morgan fingerprint density at radius 2 is 1.55 bits per heavy atom. The number of aromatic nitrogens is 2. The molecule has 0 radical (unpaired) electrons. The van der Waals surface area contributed by atoms with Crippen LogP contribution in [0.25, 0.3) is 0 Å². The number of hydrogen-bond acceptors (Lipinski definition) is 6. The van der Waals surface area contributed by atoms with Gasteiger partial charge in [-0.2, -0.15) is 0 Å². The molecule has 9 nitrogen and oxygen atoms in total. The van der Waals surface area contributed by atoms with Crippen molar-refractivity contribution in [3.05, 3.63) is 66.7 Å². The summed E-state index contributed by atoms with van der Waals surface area (Å²) in [5.41, 5.74) is 1.94. The minimum Gasteiger partial charge on any atom is -0.367 e. The van der Waals surface area contributed by atoms with Gasteiger partial charge in [0, 0.05) is 34.4 Å². The highest BCUT2D eigenvalue weighted by Crippen LogP contribution is 2.28. The van der Waals surface area contributed by atoms with Gasteiger partial charge < -0.3 is 9.47 Å². The summed E-state index contributed by atoms with van der Waals surface area (Å²) in [7, 11) is -1.000. The van der Waals surface area contributed by atoms with Gasteiger partial charge in [0.15, 0.2) is 0 Å². The molecule has 0 aliphatic rings. The summed E-state index contributed by atoms with van der Waals surface area (Å²) < 4.78 is 55.8. The van der Waals surface area contributed by atoms with Crippen LogP contribution in [0.15, 0.2) is 70.8 Å². The zero-order valence-corrected chi connectivity index (χ0v) is 19.4. The summed E-state index contributed by atoms with van der Waals surface area (Å²) in [6.45, 7) is 0.497. The average Bonchev–Trinajstić information content (AvgIpc) is 3.12. The molecule has 3 aromatic rings. The van der Waals surface area contributed by atoms with Crippen molar-refractivity contribution >= 4 is 31.4 Å². The predicted octanol–water partition coefficient (Wildman–Crippen LogP) is 2.11. The smallest absolute Gasteiger partial charge is 0.261 e. The molecule has 0 unspecified atom stereocenters. The van der Waals surface area contributed by atoms with Gasteiger partial charge in [0.1, 0.15) is 0 Å². The molecule has 0 aliphatic carbocycles. The maximum Gasteiger partial charge on any atom is 0.261 e. The summed E-state index contributed by atoms with van der Waals surface area (Å²) in [5, 5.41) is 0. The molecule has 3 rings (SSSR count). The molecule has 0 amide bonds. The number of anilines is 2. The van der Waals surface area contributed by atoms with Crippen LogP contribution < -0.4 is 9.62 Å². The van der Waals surface area contributed by atoms with E-state index < -0.39 is 20.0 Å². The molecule has 31 heavy (non-hydrogen) atoms. The molecule has 0 aliphatic heterocycles. The minimum atomic E-state index is -3.93. The van der Waals surface area contributed by atoms with E-state index in [1.54, 1.807) is 18.5 Å². The van der Waals surface area contributed by atoms with Crippen LogP contribution in [0.1, 0.15) is 5.69 Å². The lowest BCUT2D eigenvalue weighted by Gasteiger charge is -2.22. The highest BCUT2D eigenvalue weighted by atomic mass is 32.2. The van der Waals surface area contributed by atoms with Crippen LogP contribution in [-0.2, 0) is 33.6 Å². The molecule has 11 heteroatoms. The van der Waals surface area contributed by atoms with Crippen molar-refractivity contribution in [1.29, 1.82) is 0 Å². The van der Waals surface area contributed by atoms with Gasteiger partial charge in [-0.15, -0.1) is 0 Å². The normalized spacial score (nSPS) is 12.2. The molecule has 0 saturated carbocycles. The fourth-order valence-electron chi connectivity index (χ4n) is 2.97. The van der Waals surface area contributed by atoms with E-state index in [4.69, 9.17) is 0 Å². The van der Waals surface area contributed by atoms with Crippen molar-refractivity contribution in [2.24, 2.45) is 7.05 Å². The molecule has 1 aromatic heterocycles.